The topological polar surface area (TPSA) is 54.5 Å². The number of nitrogens with zero attached hydrogens (tertiary/aromatic N) is 4. The van der Waals surface area contributed by atoms with Crippen molar-refractivity contribution in [1.82, 2.24) is 14.8 Å². The van der Waals surface area contributed by atoms with E-state index in [1.807, 2.05) is 11.5 Å². The zero-order valence-corrected chi connectivity index (χ0v) is 8.21. The number of aromatic nitrogens is 3. The van der Waals surface area contributed by atoms with E-state index in [4.69, 9.17) is 5.26 Å². The van der Waals surface area contributed by atoms with Crippen LogP contribution in [0.25, 0.3) is 0 Å². The maximum atomic E-state index is 8.41. The van der Waals surface area contributed by atoms with Gasteiger partial charge in [-0.25, -0.2) is 0 Å². The minimum Gasteiger partial charge on any atom is -0.302 e. The number of nitriles is 1. The van der Waals surface area contributed by atoms with Gasteiger partial charge in [0.15, 0.2) is 5.16 Å². The summed E-state index contributed by atoms with van der Waals surface area (Å²) in [6.07, 6.45) is 1.78. The van der Waals surface area contributed by atoms with E-state index in [2.05, 4.69) is 22.8 Å². The Bertz CT molecular complexity index is 336. The molecule has 13 heavy (non-hydrogen) atoms. The van der Waals surface area contributed by atoms with Crippen LogP contribution < -0.4 is 0 Å². The van der Waals surface area contributed by atoms with Crippen molar-refractivity contribution in [2.45, 2.75) is 18.6 Å². The fraction of sp³-hybridized carbons (Fsp3) is 0.375. The molecule has 1 aromatic rings. The van der Waals surface area contributed by atoms with Crippen LogP contribution in [0.3, 0.4) is 0 Å². The lowest BCUT2D eigenvalue weighted by atomic mass is 10.6. The van der Waals surface area contributed by atoms with E-state index >= 15 is 0 Å². The number of thioether (sulfide) groups is 1. The lowest BCUT2D eigenvalue weighted by Crippen LogP contribution is -1.99. The molecule has 1 heterocycles. The van der Waals surface area contributed by atoms with Gasteiger partial charge in [-0.2, -0.15) is 5.26 Å². The molecular formula is C8H10N4S. The first-order chi connectivity index (χ1) is 6.29. The zero-order valence-electron chi connectivity index (χ0n) is 7.40. The Kier molecular flexibility index (Phi) is 3.53. The van der Waals surface area contributed by atoms with Gasteiger partial charge in [-0.1, -0.05) is 17.8 Å². The van der Waals surface area contributed by atoms with E-state index < -0.39 is 0 Å². The molecule has 0 aliphatic rings. The van der Waals surface area contributed by atoms with E-state index in [9.17, 15) is 0 Å². The summed E-state index contributed by atoms with van der Waals surface area (Å²) in [5, 5.41) is 17.1. The fourth-order valence-electron chi connectivity index (χ4n) is 0.904. The molecular weight excluding hydrogens is 184 g/mol. The van der Waals surface area contributed by atoms with Gasteiger partial charge < -0.3 is 4.57 Å². The van der Waals surface area contributed by atoms with Gasteiger partial charge >= 0.3 is 0 Å². The van der Waals surface area contributed by atoms with Crippen LogP contribution in [0.1, 0.15) is 5.82 Å². The molecule has 0 aromatic carbocycles. The van der Waals surface area contributed by atoms with Gasteiger partial charge in [-0.15, -0.1) is 16.8 Å². The Hall–Kier alpha value is -1.28. The molecule has 68 valence electrons. The first kappa shape index (κ1) is 9.81. The Morgan fingerprint density at radius 2 is 2.46 bits per heavy atom. The molecule has 0 saturated carbocycles. The number of rotatable bonds is 4. The number of hydrogen-bond donors (Lipinski definition) is 0. The minimum atomic E-state index is 0.398. The molecule has 0 amide bonds. The predicted molar refractivity (Wildman–Crippen MR) is 51.3 cm³/mol. The lowest BCUT2D eigenvalue weighted by Gasteiger charge is -2.02. The van der Waals surface area contributed by atoms with Gasteiger partial charge in [0.05, 0.1) is 11.8 Å². The molecule has 0 bridgehead atoms. The van der Waals surface area contributed by atoms with E-state index in [0.29, 0.717) is 12.3 Å². The standard InChI is InChI=1S/C8H10N4S/c1-3-5-12-7(2)10-11-8(12)13-6-4-9/h3H,1,5-6H2,2H3. The lowest BCUT2D eigenvalue weighted by molar-refractivity contribution is 0.704. The van der Waals surface area contributed by atoms with Gasteiger partial charge in [0.25, 0.3) is 0 Å². The summed E-state index contributed by atoms with van der Waals surface area (Å²) in [6, 6.07) is 2.05. The van der Waals surface area contributed by atoms with Gasteiger partial charge in [0, 0.05) is 6.54 Å². The van der Waals surface area contributed by atoms with Crippen LogP contribution in [0, 0.1) is 18.3 Å². The Morgan fingerprint density at radius 3 is 3.08 bits per heavy atom. The SMILES string of the molecule is C=CCn1c(C)nnc1SCC#N. The average Bonchev–Trinajstić information content (AvgIpc) is 2.46. The monoisotopic (exact) mass is 194 g/mol. The molecule has 1 aromatic heterocycles. The van der Waals surface area contributed by atoms with Crippen molar-refractivity contribution in [1.29, 1.82) is 5.26 Å². The van der Waals surface area contributed by atoms with Crippen LogP contribution in [0.15, 0.2) is 17.8 Å². The van der Waals surface area contributed by atoms with Gasteiger partial charge in [-0.3, -0.25) is 0 Å². The quantitative estimate of drug-likeness (QED) is 0.537. The minimum absolute atomic E-state index is 0.398. The second-order valence-corrected chi connectivity index (χ2v) is 3.32. The first-order valence-corrected chi connectivity index (χ1v) is 4.78. The predicted octanol–water partition coefficient (Wildman–Crippen LogP) is 1.39. The molecule has 0 aliphatic heterocycles. The maximum absolute atomic E-state index is 8.41. The van der Waals surface area contributed by atoms with E-state index in [0.717, 1.165) is 11.0 Å². The van der Waals surface area contributed by atoms with Crippen molar-refractivity contribution in [3.63, 3.8) is 0 Å². The van der Waals surface area contributed by atoms with Gasteiger partial charge in [0.2, 0.25) is 0 Å². The summed E-state index contributed by atoms with van der Waals surface area (Å²) < 4.78 is 1.93. The highest BCUT2D eigenvalue weighted by atomic mass is 32.2. The summed E-state index contributed by atoms with van der Waals surface area (Å²) in [5.41, 5.74) is 0. The zero-order chi connectivity index (χ0) is 9.68. The highest BCUT2D eigenvalue weighted by Crippen LogP contribution is 2.15. The summed E-state index contributed by atoms with van der Waals surface area (Å²) in [6.45, 7) is 6.22. The number of aryl methyl sites for hydroxylation is 1. The van der Waals surface area contributed by atoms with Crippen molar-refractivity contribution in [3.8, 4) is 6.07 Å². The molecule has 0 fully saturated rings. The summed E-state index contributed by atoms with van der Waals surface area (Å²) in [5.74, 6) is 1.25. The third-order valence-corrected chi connectivity index (χ3v) is 2.31. The number of allylic oxidation sites excluding steroid dienone is 1. The largest absolute Gasteiger partial charge is 0.302 e. The highest BCUT2D eigenvalue weighted by molar-refractivity contribution is 7.99. The van der Waals surface area contributed by atoms with Crippen LogP contribution in [0.2, 0.25) is 0 Å². The van der Waals surface area contributed by atoms with Crippen LogP contribution >= 0.6 is 11.8 Å². The van der Waals surface area contributed by atoms with E-state index in [-0.39, 0.29) is 0 Å². The normalized spacial score (nSPS) is 9.54. The first-order valence-electron chi connectivity index (χ1n) is 3.80. The van der Waals surface area contributed by atoms with Gasteiger partial charge in [0.1, 0.15) is 5.82 Å². The van der Waals surface area contributed by atoms with E-state index in [1.165, 1.54) is 11.8 Å². The maximum Gasteiger partial charge on any atom is 0.192 e. The van der Waals surface area contributed by atoms with Crippen LogP contribution in [0.5, 0.6) is 0 Å². The van der Waals surface area contributed by atoms with Crippen LogP contribution in [-0.4, -0.2) is 20.5 Å². The van der Waals surface area contributed by atoms with E-state index in [1.54, 1.807) is 6.08 Å². The molecule has 0 radical (unpaired) electrons. The fourth-order valence-corrected chi connectivity index (χ4v) is 1.56. The summed E-state index contributed by atoms with van der Waals surface area (Å²) in [4.78, 5) is 0. The van der Waals surface area contributed by atoms with Crippen LogP contribution in [0.4, 0.5) is 0 Å². The van der Waals surface area contributed by atoms with Crippen molar-refractivity contribution in [2.24, 2.45) is 0 Å². The molecule has 1 rings (SSSR count). The van der Waals surface area contributed by atoms with Crippen molar-refractivity contribution >= 4 is 11.8 Å². The highest BCUT2D eigenvalue weighted by Gasteiger charge is 2.06. The smallest absolute Gasteiger partial charge is 0.192 e. The Morgan fingerprint density at radius 1 is 1.69 bits per heavy atom. The van der Waals surface area contributed by atoms with Crippen molar-refractivity contribution < 1.29 is 0 Å². The third-order valence-electron chi connectivity index (χ3n) is 1.48. The Labute approximate surface area is 81.3 Å². The molecule has 0 unspecified atom stereocenters. The molecule has 0 spiro atoms. The second-order valence-electron chi connectivity index (χ2n) is 2.38. The summed E-state index contributed by atoms with van der Waals surface area (Å²) >= 11 is 1.39. The molecule has 0 saturated heterocycles. The average molecular weight is 194 g/mol. The Balaban J connectivity index is 2.81. The van der Waals surface area contributed by atoms with Crippen molar-refractivity contribution in [3.05, 3.63) is 18.5 Å². The molecule has 5 heteroatoms. The molecule has 0 aliphatic carbocycles. The molecule has 0 N–H and O–H groups in total. The third kappa shape index (κ3) is 2.33. The van der Waals surface area contributed by atoms with Crippen LogP contribution in [-0.2, 0) is 6.54 Å². The van der Waals surface area contributed by atoms with Gasteiger partial charge in [-0.05, 0) is 6.92 Å². The summed E-state index contributed by atoms with van der Waals surface area (Å²) in [7, 11) is 0. The second kappa shape index (κ2) is 4.67. The molecule has 4 nitrogen and oxygen atoms in total. The van der Waals surface area contributed by atoms with Crippen molar-refractivity contribution in [2.75, 3.05) is 5.75 Å². The molecule has 0 atom stereocenters. The number of hydrogen-bond acceptors (Lipinski definition) is 4.